The van der Waals surface area contributed by atoms with Crippen molar-refractivity contribution in [1.29, 1.82) is 0 Å². The van der Waals surface area contributed by atoms with Crippen molar-refractivity contribution in [3.63, 3.8) is 0 Å². The van der Waals surface area contributed by atoms with Crippen LogP contribution in [0, 0.1) is 5.92 Å². The lowest BCUT2D eigenvalue weighted by Crippen LogP contribution is -2.18. The molecule has 0 bridgehead atoms. The third-order valence-corrected chi connectivity index (χ3v) is 3.95. The molecule has 0 heterocycles. The molecule has 0 aromatic heterocycles. The van der Waals surface area contributed by atoms with Gasteiger partial charge in [0.05, 0.1) is 12.5 Å². The molecular weight excluding hydrogens is 238 g/mol. The second-order valence-electron chi connectivity index (χ2n) is 5.36. The summed E-state index contributed by atoms with van der Waals surface area (Å²) in [5.41, 5.74) is 7.47. The number of esters is 1. The largest absolute Gasteiger partial charge is 0.466 e. The smallest absolute Gasteiger partial charge is 0.313 e. The van der Waals surface area contributed by atoms with E-state index in [1.54, 1.807) is 0 Å². The van der Waals surface area contributed by atoms with Crippen LogP contribution in [-0.2, 0) is 9.53 Å². The van der Waals surface area contributed by atoms with E-state index >= 15 is 0 Å². The molecule has 3 heteroatoms. The SMILES string of the molecule is CCOC(=O)[C@@H](CC1CCCC1)c1ccc(N)cc1. The maximum Gasteiger partial charge on any atom is 0.313 e. The van der Waals surface area contributed by atoms with E-state index in [1.807, 2.05) is 31.2 Å². The maximum atomic E-state index is 12.2. The van der Waals surface area contributed by atoms with Gasteiger partial charge in [-0.15, -0.1) is 0 Å². The first-order valence-electron chi connectivity index (χ1n) is 7.22. The highest BCUT2D eigenvalue weighted by atomic mass is 16.5. The van der Waals surface area contributed by atoms with Crippen LogP contribution in [0.4, 0.5) is 5.69 Å². The minimum absolute atomic E-state index is 0.0980. The summed E-state index contributed by atoms with van der Waals surface area (Å²) in [7, 11) is 0. The molecule has 0 spiro atoms. The number of carbonyl (C=O) groups is 1. The molecule has 0 amide bonds. The van der Waals surface area contributed by atoms with Crippen molar-refractivity contribution < 1.29 is 9.53 Å². The summed E-state index contributed by atoms with van der Waals surface area (Å²) in [5, 5.41) is 0. The Morgan fingerprint density at radius 1 is 1.32 bits per heavy atom. The van der Waals surface area contributed by atoms with Crippen LogP contribution >= 0.6 is 0 Å². The first-order valence-corrected chi connectivity index (χ1v) is 7.22. The van der Waals surface area contributed by atoms with Crippen LogP contribution in [0.2, 0.25) is 0 Å². The van der Waals surface area contributed by atoms with Crippen molar-refractivity contribution >= 4 is 11.7 Å². The van der Waals surface area contributed by atoms with Crippen LogP contribution in [0.25, 0.3) is 0 Å². The van der Waals surface area contributed by atoms with Crippen LogP contribution < -0.4 is 5.73 Å². The van der Waals surface area contributed by atoms with Gasteiger partial charge in [0.15, 0.2) is 0 Å². The zero-order valence-electron chi connectivity index (χ0n) is 11.6. The van der Waals surface area contributed by atoms with Gasteiger partial charge in [0.2, 0.25) is 0 Å². The Morgan fingerprint density at radius 3 is 2.53 bits per heavy atom. The summed E-state index contributed by atoms with van der Waals surface area (Å²) in [5.74, 6) is 0.426. The first-order chi connectivity index (χ1) is 9.20. The van der Waals surface area contributed by atoms with Crippen molar-refractivity contribution in [1.82, 2.24) is 0 Å². The van der Waals surface area contributed by atoms with Gasteiger partial charge in [-0.05, 0) is 37.0 Å². The molecular formula is C16H23NO2. The number of hydrogen-bond acceptors (Lipinski definition) is 3. The molecule has 1 aliphatic rings. The summed E-state index contributed by atoms with van der Waals surface area (Å²) in [6.07, 6.45) is 5.97. The van der Waals surface area contributed by atoms with Crippen molar-refractivity contribution in [2.24, 2.45) is 5.92 Å². The van der Waals surface area contributed by atoms with E-state index in [0.29, 0.717) is 12.5 Å². The highest BCUT2D eigenvalue weighted by Gasteiger charge is 2.27. The second kappa shape index (κ2) is 6.60. The lowest BCUT2D eigenvalue weighted by Gasteiger charge is -2.19. The highest BCUT2D eigenvalue weighted by Crippen LogP contribution is 2.35. The lowest BCUT2D eigenvalue weighted by atomic mass is 9.88. The van der Waals surface area contributed by atoms with Crippen LogP contribution in [0.5, 0.6) is 0 Å². The number of nitrogen functional groups attached to an aromatic ring is 1. The second-order valence-corrected chi connectivity index (χ2v) is 5.36. The molecule has 1 saturated carbocycles. The van der Waals surface area contributed by atoms with Gasteiger partial charge in [0.25, 0.3) is 0 Å². The Hall–Kier alpha value is -1.51. The zero-order valence-corrected chi connectivity index (χ0v) is 11.6. The predicted octanol–water partition coefficient (Wildman–Crippen LogP) is 3.50. The van der Waals surface area contributed by atoms with Crippen molar-refractivity contribution in [2.45, 2.75) is 44.9 Å². The third-order valence-electron chi connectivity index (χ3n) is 3.95. The number of rotatable bonds is 5. The summed E-state index contributed by atoms with van der Waals surface area (Å²) in [4.78, 5) is 12.2. The molecule has 1 aliphatic carbocycles. The van der Waals surface area contributed by atoms with Gasteiger partial charge >= 0.3 is 5.97 Å². The molecule has 0 radical (unpaired) electrons. The van der Waals surface area contributed by atoms with Gasteiger partial charge in [0.1, 0.15) is 0 Å². The number of ether oxygens (including phenoxy) is 1. The van der Waals surface area contributed by atoms with E-state index < -0.39 is 0 Å². The standard InChI is InChI=1S/C16H23NO2/c1-2-19-16(18)15(11-12-5-3-4-6-12)13-7-9-14(17)10-8-13/h7-10,12,15H,2-6,11,17H2,1H3/t15-/m0/s1. The molecule has 19 heavy (non-hydrogen) atoms. The Morgan fingerprint density at radius 2 is 1.95 bits per heavy atom. The Labute approximate surface area is 115 Å². The normalized spacial score (nSPS) is 17.3. The topological polar surface area (TPSA) is 52.3 Å². The van der Waals surface area contributed by atoms with Gasteiger partial charge in [-0.2, -0.15) is 0 Å². The van der Waals surface area contributed by atoms with Crippen molar-refractivity contribution in [2.75, 3.05) is 12.3 Å². The Kier molecular flexibility index (Phi) is 4.83. The molecule has 2 rings (SSSR count). The maximum absolute atomic E-state index is 12.2. The summed E-state index contributed by atoms with van der Waals surface area (Å²) >= 11 is 0. The molecule has 0 saturated heterocycles. The average molecular weight is 261 g/mol. The van der Waals surface area contributed by atoms with Crippen molar-refractivity contribution in [3.05, 3.63) is 29.8 Å². The first kappa shape index (κ1) is 13.9. The molecule has 104 valence electrons. The van der Waals surface area contributed by atoms with Gasteiger partial charge < -0.3 is 10.5 Å². The summed E-state index contributed by atoms with van der Waals surface area (Å²) in [6, 6.07) is 7.62. The van der Waals surface area contributed by atoms with Crippen LogP contribution in [-0.4, -0.2) is 12.6 Å². The van der Waals surface area contributed by atoms with E-state index in [2.05, 4.69) is 0 Å². The van der Waals surface area contributed by atoms with E-state index in [9.17, 15) is 4.79 Å². The number of nitrogens with two attached hydrogens (primary N) is 1. The quantitative estimate of drug-likeness (QED) is 0.652. The lowest BCUT2D eigenvalue weighted by molar-refractivity contribution is -0.145. The molecule has 1 aromatic carbocycles. The fourth-order valence-electron chi connectivity index (χ4n) is 2.92. The molecule has 1 atom stereocenters. The molecule has 0 unspecified atom stereocenters. The van der Waals surface area contributed by atoms with E-state index in [0.717, 1.165) is 17.7 Å². The van der Waals surface area contributed by atoms with Crippen LogP contribution in [0.3, 0.4) is 0 Å². The van der Waals surface area contributed by atoms with Crippen LogP contribution in [0.15, 0.2) is 24.3 Å². The molecule has 0 aliphatic heterocycles. The van der Waals surface area contributed by atoms with E-state index in [1.165, 1.54) is 25.7 Å². The fourth-order valence-corrected chi connectivity index (χ4v) is 2.92. The summed E-state index contributed by atoms with van der Waals surface area (Å²) in [6.45, 7) is 2.29. The van der Waals surface area contributed by atoms with Gasteiger partial charge in [-0.1, -0.05) is 37.8 Å². The molecule has 1 aromatic rings. The Balaban J connectivity index is 2.12. The van der Waals surface area contributed by atoms with E-state index in [-0.39, 0.29) is 11.9 Å². The Bertz CT molecular complexity index is 407. The molecule has 3 nitrogen and oxygen atoms in total. The number of anilines is 1. The van der Waals surface area contributed by atoms with Gasteiger partial charge in [-0.25, -0.2) is 0 Å². The summed E-state index contributed by atoms with van der Waals surface area (Å²) < 4.78 is 5.23. The van der Waals surface area contributed by atoms with Crippen molar-refractivity contribution in [3.8, 4) is 0 Å². The highest BCUT2D eigenvalue weighted by molar-refractivity contribution is 5.78. The fraction of sp³-hybridized carbons (Fsp3) is 0.562. The number of benzene rings is 1. The zero-order chi connectivity index (χ0) is 13.7. The minimum Gasteiger partial charge on any atom is -0.466 e. The molecule has 1 fully saturated rings. The molecule has 2 N–H and O–H groups in total. The van der Waals surface area contributed by atoms with Crippen LogP contribution in [0.1, 0.15) is 50.5 Å². The van der Waals surface area contributed by atoms with Gasteiger partial charge in [-0.3, -0.25) is 4.79 Å². The monoisotopic (exact) mass is 261 g/mol. The third kappa shape index (κ3) is 3.72. The minimum atomic E-state index is -0.136. The number of hydrogen-bond donors (Lipinski definition) is 1. The predicted molar refractivity (Wildman–Crippen MR) is 76.8 cm³/mol. The average Bonchev–Trinajstić information content (AvgIpc) is 2.90. The van der Waals surface area contributed by atoms with Gasteiger partial charge in [0, 0.05) is 5.69 Å². The van der Waals surface area contributed by atoms with E-state index in [4.69, 9.17) is 10.5 Å². The number of carbonyl (C=O) groups excluding carboxylic acids is 1.